The lowest BCUT2D eigenvalue weighted by Gasteiger charge is -2.21. The van der Waals surface area contributed by atoms with Crippen LogP contribution in [0.25, 0.3) is 0 Å². The smallest absolute Gasteiger partial charge is 0.407 e. The first-order valence-electron chi connectivity index (χ1n) is 7.60. The Hall–Kier alpha value is -2.42. The van der Waals surface area contributed by atoms with Crippen LogP contribution in [0.2, 0.25) is 0 Å². The SMILES string of the molecule is C#CCNC(=O)OC[C@H]1O[C@@H](n2ccc(=O)[nH]c2=O)[C@@H](O)C1OP(C)(=O)O. The lowest BCUT2D eigenvalue weighted by Crippen LogP contribution is -2.39. The molecule has 1 amide bonds. The highest BCUT2D eigenvalue weighted by Crippen LogP contribution is 2.44. The first kappa shape index (κ1) is 20.9. The van der Waals surface area contributed by atoms with Gasteiger partial charge in [0.25, 0.3) is 5.56 Å². The predicted octanol–water partition coefficient (Wildman–Crippen LogP) is -1.65. The number of carbonyl (C=O) groups is 1. The number of carbonyl (C=O) groups excluding carboxylic acids is 1. The van der Waals surface area contributed by atoms with Crippen molar-refractivity contribution in [1.82, 2.24) is 14.9 Å². The van der Waals surface area contributed by atoms with Crippen molar-refractivity contribution < 1.29 is 33.4 Å². The van der Waals surface area contributed by atoms with Crippen LogP contribution in [0.4, 0.5) is 4.79 Å². The molecule has 0 aliphatic carbocycles. The number of aliphatic hydroxyl groups is 1. The fraction of sp³-hybridized carbons (Fsp3) is 0.500. The van der Waals surface area contributed by atoms with E-state index in [2.05, 4.69) is 11.2 Å². The molecule has 2 heterocycles. The number of aromatic amines is 1. The van der Waals surface area contributed by atoms with Gasteiger partial charge in [-0.3, -0.25) is 23.4 Å². The maximum Gasteiger partial charge on any atom is 0.407 e. The van der Waals surface area contributed by atoms with Gasteiger partial charge in [-0.1, -0.05) is 5.92 Å². The summed E-state index contributed by atoms with van der Waals surface area (Å²) in [6.45, 7) is 0.354. The first-order valence-corrected chi connectivity index (χ1v) is 9.62. The van der Waals surface area contributed by atoms with Crippen LogP contribution in [0.15, 0.2) is 21.9 Å². The molecule has 1 saturated heterocycles. The van der Waals surface area contributed by atoms with Crippen LogP contribution in [0.1, 0.15) is 6.23 Å². The molecule has 0 bridgehead atoms. The third-order valence-corrected chi connectivity index (χ3v) is 4.10. The molecule has 13 heteroatoms. The highest BCUT2D eigenvalue weighted by atomic mass is 31.2. The van der Waals surface area contributed by atoms with E-state index in [0.29, 0.717) is 0 Å². The molecule has 1 aliphatic heterocycles. The monoisotopic (exact) mass is 403 g/mol. The number of nitrogens with zero attached hydrogens (tertiary/aromatic N) is 1. The third-order valence-electron chi connectivity index (χ3n) is 3.47. The quantitative estimate of drug-likeness (QED) is 0.321. The molecule has 2 rings (SSSR count). The number of aliphatic hydroxyl groups excluding tert-OH is 1. The van der Waals surface area contributed by atoms with Crippen molar-refractivity contribution in [2.24, 2.45) is 0 Å². The summed E-state index contributed by atoms with van der Waals surface area (Å²) in [5.41, 5.74) is -1.53. The molecule has 27 heavy (non-hydrogen) atoms. The highest BCUT2D eigenvalue weighted by Gasteiger charge is 2.48. The zero-order valence-corrected chi connectivity index (χ0v) is 15.0. The summed E-state index contributed by atoms with van der Waals surface area (Å²) in [5.74, 6) is 2.17. The number of rotatable bonds is 6. The van der Waals surface area contributed by atoms with Crippen LogP contribution in [0, 0.1) is 12.3 Å². The summed E-state index contributed by atoms with van der Waals surface area (Å²) in [4.78, 5) is 46.0. The summed E-state index contributed by atoms with van der Waals surface area (Å²) >= 11 is 0. The average Bonchev–Trinajstić information content (AvgIpc) is 2.86. The van der Waals surface area contributed by atoms with Crippen molar-refractivity contribution in [2.45, 2.75) is 24.5 Å². The van der Waals surface area contributed by atoms with Gasteiger partial charge in [-0.05, 0) is 0 Å². The van der Waals surface area contributed by atoms with Gasteiger partial charge < -0.3 is 24.8 Å². The average molecular weight is 403 g/mol. The van der Waals surface area contributed by atoms with E-state index in [9.17, 15) is 28.9 Å². The molecule has 5 atom stereocenters. The lowest BCUT2D eigenvalue weighted by atomic mass is 10.1. The van der Waals surface area contributed by atoms with Gasteiger partial charge in [0, 0.05) is 18.9 Å². The van der Waals surface area contributed by atoms with E-state index in [1.165, 1.54) is 0 Å². The van der Waals surface area contributed by atoms with E-state index in [4.69, 9.17) is 20.4 Å². The largest absolute Gasteiger partial charge is 0.447 e. The van der Waals surface area contributed by atoms with Gasteiger partial charge in [-0.25, -0.2) is 9.59 Å². The highest BCUT2D eigenvalue weighted by molar-refractivity contribution is 7.51. The van der Waals surface area contributed by atoms with Gasteiger partial charge in [0.1, 0.15) is 24.9 Å². The van der Waals surface area contributed by atoms with Crippen molar-refractivity contribution in [1.29, 1.82) is 0 Å². The molecule has 2 unspecified atom stereocenters. The fourth-order valence-corrected chi connectivity index (χ4v) is 3.11. The van der Waals surface area contributed by atoms with Gasteiger partial charge in [-0.2, -0.15) is 0 Å². The molecule has 12 nitrogen and oxygen atoms in total. The van der Waals surface area contributed by atoms with Crippen molar-refractivity contribution in [3.63, 3.8) is 0 Å². The Kier molecular flexibility index (Phi) is 6.59. The molecular formula is C14H18N3O9P. The van der Waals surface area contributed by atoms with E-state index >= 15 is 0 Å². The molecule has 1 aliphatic rings. The van der Waals surface area contributed by atoms with Crippen LogP contribution < -0.4 is 16.6 Å². The van der Waals surface area contributed by atoms with Crippen LogP contribution >= 0.6 is 7.60 Å². The second-order valence-corrected chi connectivity index (χ2v) is 7.42. The van der Waals surface area contributed by atoms with Crippen molar-refractivity contribution in [3.05, 3.63) is 33.1 Å². The topological polar surface area (TPSA) is 169 Å². The zero-order chi connectivity index (χ0) is 20.2. The predicted molar refractivity (Wildman–Crippen MR) is 90.0 cm³/mol. The second kappa shape index (κ2) is 8.51. The van der Waals surface area contributed by atoms with Gasteiger partial charge in [0.15, 0.2) is 6.23 Å². The van der Waals surface area contributed by atoms with Crippen LogP contribution in [0.5, 0.6) is 0 Å². The Morgan fingerprint density at radius 2 is 2.26 bits per heavy atom. The molecule has 148 valence electrons. The summed E-state index contributed by atoms with van der Waals surface area (Å²) in [5, 5.41) is 12.7. The molecule has 0 saturated carbocycles. The standard InChI is InChI=1S/C14H18N3O9P/c1-3-5-15-14(21)24-7-8-11(26-27(2,22)23)10(19)12(25-8)17-6-4-9(18)16-13(17)20/h1,4,6,8,10-12,19H,5,7H2,2H3,(H,15,21)(H,22,23)(H,16,18,20)/t8-,10+,11?,12-/m1/s1. The number of nitrogens with one attached hydrogen (secondary N) is 2. The number of alkyl carbamates (subject to hydrolysis) is 1. The van der Waals surface area contributed by atoms with Crippen molar-refractivity contribution >= 4 is 13.7 Å². The van der Waals surface area contributed by atoms with Crippen molar-refractivity contribution in [3.8, 4) is 12.3 Å². The maximum atomic E-state index is 11.9. The van der Waals surface area contributed by atoms with E-state index in [1.807, 2.05) is 4.98 Å². The third kappa shape index (κ3) is 5.53. The van der Waals surface area contributed by atoms with Gasteiger partial charge >= 0.3 is 19.4 Å². The molecule has 1 aromatic rings. The minimum atomic E-state index is -4.06. The summed E-state index contributed by atoms with van der Waals surface area (Å²) in [6, 6.07) is 1.03. The minimum Gasteiger partial charge on any atom is -0.447 e. The van der Waals surface area contributed by atoms with Gasteiger partial charge in [0.05, 0.1) is 6.54 Å². The van der Waals surface area contributed by atoms with Gasteiger partial charge in [0.2, 0.25) is 0 Å². The maximum absolute atomic E-state index is 11.9. The first-order chi connectivity index (χ1) is 12.6. The van der Waals surface area contributed by atoms with Crippen LogP contribution in [0.3, 0.4) is 0 Å². The molecule has 0 spiro atoms. The van der Waals surface area contributed by atoms with Crippen LogP contribution in [-0.4, -0.2) is 63.8 Å². The number of H-pyrrole nitrogens is 1. The number of amides is 1. The summed E-state index contributed by atoms with van der Waals surface area (Å²) in [7, 11) is -4.06. The number of aromatic nitrogens is 2. The molecule has 1 aromatic heterocycles. The molecule has 0 radical (unpaired) electrons. The summed E-state index contributed by atoms with van der Waals surface area (Å²) in [6.07, 6.45) is -0.296. The number of ether oxygens (including phenoxy) is 2. The Bertz CT molecular complexity index is 883. The Balaban J connectivity index is 2.21. The fourth-order valence-electron chi connectivity index (χ4n) is 2.40. The van der Waals surface area contributed by atoms with Crippen molar-refractivity contribution in [2.75, 3.05) is 19.8 Å². The lowest BCUT2D eigenvalue weighted by molar-refractivity contribution is -0.0564. The Morgan fingerprint density at radius 3 is 2.85 bits per heavy atom. The summed E-state index contributed by atoms with van der Waals surface area (Å²) < 4.78 is 27.8. The molecule has 0 aromatic carbocycles. The Morgan fingerprint density at radius 1 is 1.56 bits per heavy atom. The van der Waals surface area contributed by atoms with E-state index in [-0.39, 0.29) is 6.54 Å². The van der Waals surface area contributed by atoms with E-state index in [0.717, 1.165) is 23.5 Å². The molecule has 4 N–H and O–H groups in total. The molecular weight excluding hydrogens is 385 g/mol. The normalized spacial score (nSPS) is 26.7. The minimum absolute atomic E-state index is 0.0802. The van der Waals surface area contributed by atoms with E-state index < -0.39 is 56.1 Å². The Labute approximate surface area is 152 Å². The molecule has 1 fully saturated rings. The number of hydrogen-bond donors (Lipinski definition) is 4. The van der Waals surface area contributed by atoms with E-state index in [1.54, 1.807) is 0 Å². The van der Waals surface area contributed by atoms with Crippen LogP contribution in [-0.2, 0) is 18.6 Å². The van der Waals surface area contributed by atoms with Gasteiger partial charge in [-0.15, -0.1) is 6.42 Å². The number of hydrogen-bond acceptors (Lipinski definition) is 8. The second-order valence-electron chi connectivity index (χ2n) is 5.60. The number of terminal acetylenes is 1. The zero-order valence-electron chi connectivity index (χ0n) is 14.1.